The maximum atomic E-state index is 5.83. The molecule has 2 aromatic rings. The third-order valence-electron chi connectivity index (χ3n) is 4.49. The first-order valence-electron chi connectivity index (χ1n) is 7.24. The van der Waals surface area contributed by atoms with E-state index in [0.29, 0.717) is 6.04 Å². The maximum Gasteiger partial charge on any atom is 0.0521 e. The number of nitrogens with one attached hydrogen (secondary N) is 1. The van der Waals surface area contributed by atoms with Gasteiger partial charge in [-0.05, 0) is 36.8 Å². The molecule has 1 saturated carbocycles. The summed E-state index contributed by atoms with van der Waals surface area (Å²) in [5, 5.41) is 4.22. The summed E-state index contributed by atoms with van der Waals surface area (Å²) in [5.74, 6) is 5.83. The molecule has 1 atom stereocenters. The second-order valence-corrected chi connectivity index (χ2v) is 5.80. The molecular formula is C16H22N4. The molecule has 1 aromatic carbocycles. The van der Waals surface area contributed by atoms with Crippen LogP contribution in [-0.4, -0.2) is 15.8 Å². The van der Waals surface area contributed by atoms with E-state index in [2.05, 4.69) is 47.1 Å². The van der Waals surface area contributed by atoms with E-state index in [4.69, 9.17) is 5.84 Å². The highest BCUT2D eigenvalue weighted by atomic mass is 15.2. The second kappa shape index (κ2) is 5.38. The van der Waals surface area contributed by atoms with Gasteiger partial charge in [0.1, 0.15) is 0 Å². The Labute approximate surface area is 120 Å². The number of nitrogens with zero attached hydrogens (tertiary/aromatic N) is 2. The van der Waals surface area contributed by atoms with Crippen LogP contribution in [0.15, 0.2) is 42.7 Å². The molecular weight excluding hydrogens is 248 g/mol. The van der Waals surface area contributed by atoms with Gasteiger partial charge in [-0.2, -0.15) is 5.10 Å². The van der Waals surface area contributed by atoms with Gasteiger partial charge in [-0.1, -0.05) is 30.3 Å². The lowest BCUT2D eigenvalue weighted by atomic mass is 9.85. The molecule has 106 valence electrons. The molecule has 0 amide bonds. The fraction of sp³-hybridized carbons (Fsp3) is 0.438. The topological polar surface area (TPSA) is 55.9 Å². The summed E-state index contributed by atoms with van der Waals surface area (Å²) >= 11 is 0. The Kier molecular flexibility index (Phi) is 3.59. The third-order valence-corrected chi connectivity index (χ3v) is 4.49. The quantitative estimate of drug-likeness (QED) is 0.623. The molecule has 3 N–H and O–H groups in total. The highest BCUT2D eigenvalue weighted by Gasteiger charge is 2.49. The van der Waals surface area contributed by atoms with Gasteiger partial charge in [0.2, 0.25) is 0 Å². The minimum Gasteiger partial charge on any atom is -0.276 e. The Morgan fingerprint density at radius 1 is 1.35 bits per heavy atom. The molecule has 1 heterocycles. The van der Waals surface area contributed by atoms with Gasteiger partial charge in [0.15, 0.2) is 0 Å². The summed E-state index contributed by atoms with van der Waals surface area (Å²) < 4.78 is 1.85. The van der Waals surface area contributed by atoms with Crippen LogP contribution < -0.4 is 11.3 Å². The van der Waals surface area contributed by atoms with Gasteiger partial charge in [0.05, 0.1) is 6.20 Å². The van der Waals surface area contributed by atoms with E-state index in [0.717, 1.165) is 12.8 Å². The van der Waals surface area contributed by atoms with Crippen LogP contribution in [0.1, 0.15) is 30.4 Å². The van der Waals surface area contributed by atoms with Crippen molar-refractivity contribution in [2.75, 3.05) is 0 Å². The fourth-order valence-corrected chi connectivity index (χ4v) is 3.17. The normalized spacial score (nSPS) is 17.9. The number of hydrogen-bond acceptors (Lipinski definition) is 3. The molecule has 1 aliphatic rings. The van der Waals surface area contributed by atoms with Crippen molar-refractivity contribution in [2.45, 2.75) is 37.1 Å². The minimum atomic E-state index is 0.234. The molecule has 1 aliphatic carbocycles. The molecule has 0 saturated heterocycles. The van der Waals surface area contributed by atoms with Gasteiger partial charge in [0.25, 0.3) is 0 Å². The summed E-state index contributed by atoms with van der Waals surface area (Å²) in [6, 6.07) is 11.1. The molecule has 0 aliphatic heterocycles. The van der Waals surface area contributed by atoms with E-state index in [1.807, 2.05) is 17.9 Å². The van der Waals surface area contributed by atoms with Gasteiger partial charge < -0.3 is 0 Å². The van der Waals surface area contributed by atoms with Crippen LogP contribution in [0.2, 0.25) is 0 Å². The summed E-state index contributed by atoms with van der Waals surface area (Å²) in [5.41, 5.74) is 5.97. The first-order valence-corrected chi connectivity index (χ1v) is 7.24. The van der Waals surface area contributed by atoms with Crippen LogP contribution >= 0.6 is 0 Å². The molecule has 0 spiro atoms. The first kappa shape index (κ1) is 13.3. The molecule has 1 fully saturated rings. The molecule has 4 heteroatoms. The molecule has 20 heavy (non-hydrogen) atoms. The van der Waals surface area contributed by atoms with E-state index < -0.39 is 0 Å². The summed E-state index contributed by atoms with van der Waals surface area (Å²) in [6.45, 7) is 0. The Bertz CT molecular complexity index is 557. The molecule has 3 rings (SSSR count). The number of aromatic nitrogens is 2. The van der Waals surface area contributed by atoms with Crippen molar-refractivity contribution in [1.82, 2.24) is 15.2 Å². The predicted octanol–water partition coefficient (Wildman–Crippen LogP) is 1.92. The monoisotopic (exact) mass is 270 g/mol. The second-order valence-electron chi connectivity index (χ2n) is 5.80. The standard InChI is InChI=1S/C16H22N4/c1-20-12-13(11-18-20)7-8-15(19-17)16(9-10-16)14-5-3-2-4-6-14/h2-6,11-12,15,19H,7-10,17H2,1H3. The summed E-state index contributed by atoms with van der Waals surface area (Å²) in [6.07, 6.45) is 8.51. The molecule has 0 radical (unpaired) electrons. The van der Waals surface area contributed by atoms with Gasteiger partial charge in [-0.15, -0.1) is 0 Å². The first-order chi connectivity index (χ1) is 9.74. The fourth-order valence-electron chi connectivity index (χ4n) is 3.17. The molecule has 1 unspecified atom stereocenters. The molecule has 1 aromatic heterocycles. The zero-order valence-electron chi connectivity index (χ0n) is 11.9. The Morgan fingerprint density at radius 2 is 2.10 bits per heavy atom. The van der Waals surface area contributed by atoms with Gasteiger partial charge in [-0.3, -0.25) is 16.0 Å². The minimum absolute atomic E-state index is 0.234. The predicted molar refractivity (Wildman–Crippen MR) is 80.0 cm³/mol. The number of hydrogen-bond donors (Lipinski definition) is 2. The number of rotatable bonds is 6. The van der Waals surface area contributed by atoms with Crippen molar-refractivity contribution in [3.63, 3.8) is 0 Å². The molecule has 0 bridgehead atoms. The summed E-state index contributed by atoms with van der Waals surface area (Å²) in [4.78, 5) is 0. The lowest BCUT2D eigenvalue weighted by Gasteiger charge is -2.27. The third kappa shape index (κ3) is 2.49. The zero-order valence-corrected chi connectivity index (χ0v) is 11.9. The maximum absolute atomic E-state index is 5.83. The number of nitrogens with two attached hydrogens (primary N) is 1. The van der Waals surface area contributed by atoms with Crippen LogP contribution in [0, 0.1) is 0 Å². The summed E-state index contributed by atoms with van der Waals surface area (Å²) in [7, 11) is 1.95. The van der Waals surface area contributed by atoms with Crippen LogP contribution in [0.4, 0.5) is 0 Å². The van der Waals surface area contributed by atoms with E-state index >= 15 is 0 Å². The van der Waals surface area contributed by atoms with E-state index in [9.17, 15) is 0 Å². The SMILES string of the molecule is Cn1cc(CCC(NN)C2(c3ccccc3)CC2)cn1. The highest BCUT2D eigenvalue weighted by Crippen LogP contribution is 2.51. The van der Waals surface area contributed by atoms with Crippen molar-refractivity contribution in [3.8, 4) is 0 Å². The van der Waals surface area contributed by atoms with Crippen LogP contribution in [0.25, 0.3) is 0 Å². The zero-order chi connectivity index (χ0) is 14.0. The Balaban J connectivity index is 1.70. The van der Waals surface area contributed by atoms with E-state index in [1.165, 1.54) is 24.0 Å². The van der Waals surface area contributed by atoms with Crippen LogP contribution in [0.3, 0.4) is 0 Å². The Hall–Kier alpha value is -1.65. The number of benzene rings is 1. The van der Waals surface area contributed by atoms with Gasteiger partial charge >= 0.3 is 0 Å². The van der Waals surface area contributed by atoms with Gasteiger partial charge in [-0.25, -0.2) is 0 Å². The Morgan fingerprint density at radius 3 is 2.65 bits per heavy atom. The van der Waals surface area contributed by atoms with Crippen molar-refractivity contribution in [1.29, 1.82) is 0 Å². The largest absolute Gasteiger partial charge is 0.276 e. The van der Waals surface area contributed by atoms with Crippen LogP contribution in [0.5, 0.6) is 0 Å². The van der Waals surface area contributed by atoms with Crippen molar-refractivity contribution in [2.24, 2.45) is 12.9 Å². The van der Waals surface area contributed by atoms with E-state index in [1.54, 1.807) is 0 Å². The lowest BCUT2D eigenvalue weighted by Crippen LogP contribution is -2.44. The average Bonchev–Trinajstić information content (AvgIpc) is 3.18. The van der Waals surface area contributed by atoms with Crippen molar-refractivity contribution < 1.29 is 0 Å². The number of aryl methyl sites for hydroxylation is 2. The smallest absolute Gasteiger partial charge is 0.0521 e. The van der Waals surface area contributed by atoms with E-state index in [-0.39, 0.29) is 5.41 Å². The molecule has 4 nitrogen and oxygen atoms in total. The van der Waals surface area contributed by atoms with Crippen molar-refractivity contribution >= 4 is 0 Å². The lowest BCUT2D eigenvalue weighted by molar-refractivity contribution is 0.399. The highest BCUT2D eigenvalue weighted by molar-refractivity contribution is 5.34. The average molecular weight is 270 g/mol. The number of hydrazine groups is 1. The van der Waals surface area contributed by atoms with Crippen molar-refractivity contribution in [3.05, 3.63) is 53.9 Å². The van der Waals surface area contributed by atoms with Crippen LogP contribution in [-0.2, 0) is 18.9 Å². The van der Waals surface area contributed by atoms with Gasteiger partial charge in [0, 0.05) is 24.7 Å².